The van der Waals surface area contributed by atoms with Crippen molar-refractivity contribution in [2.45, 2.75) is 0 Å². The maximum absolute atomic E-state index is 6.12. The van der Waals surface area contributed by atoms with Crippen LogP contribution in [0.5, 0.6) is 0 Å². The van der Waals surface area contributed by atoms with Gasteiger partial charge in [-0.2, -0.15) is 0 Å². The van der Waals surface area contributed by atoms with E-state index in [1.165, 1.54) is 10.6 Å². The summed E-state index contributed by atoms with van der Waals surface area (Å²) >= 11 is 0. The molecule has 21 heavy (non-hydrogen) atoms. The third-order valence-electron chi connectivity index (χ3n) is 3.19. The maximum atomic E-state index is 6.12. The first kappa shape index (κ1) is 13.6. The molecule has 0 amide bonds. The highest BCUT2D eigenvalue weighted by atomic mass is 31.1. The fourth-order valence-corrected chi connectivity index (χ4v) is 4.55. The van der Waals surface area contributed by atoms with E-state index in [4.69, 9.17) is 11.5 Å². The molecule has 0 radical (unpaired) electrons. The molecule has 3 nitrogen and oxygen atoms in total. The lowest BCUT2D eigenvalue weighted by Crippen LogP contribution is -2.23. The number of aromatic nitrogens is 1. The zero-order chi connectivity index (χ0) is 14.7. The SMILES string of the molecule is Nc1ccc(P(c2ccccc2)c2ccccc2)c(N)n1. The number of nitrogens with two attached hydrogens (primary N) is 2. The Morgan fingerprint density at radius 1 is 0.667 bits per heavy atom. The van der Waals surface area contributed by atoms with Gasteiger partial charge in [0.25, 0.3) is 0 Å². The van der Waals surface area contributed by atoms with Crippen LogP contribution in [0.25, 0.3) is 0 Å². The highest BCUT2D eigenvalue weighted by Crippen LogP contribution is 2.34. The van der Waals surface area contributed by atoms with E-state index in [0.29, 0.717) is 11.6 Å². The number of pyridine rings is 1. The zero-order valence-electron chi connectivity index (χ0n) is 11.5. The second kappa shape index (κ2) is 5.94. The van der Waals surface area contributed by atoms with Crippen LogP contribution in [0.15, 0.2) is 72.8 Å². The van der Waals surface area contributed by atoms with Crippen molar-refractivity contribution in [2.75, 3.05) is 11.5 Å². The fourth-order valence-electron chi connectivity index (χ4n) is 2.25. The van der Waals surface area contributed by atoms with Crippen molar-refractivity contribution in [1.82, 2.24) is 4.98 Å². The van der Waals surface area contributed by atoms with E-state index in [1.54, 1.807) is 0 Å². The first-order valence-electron chi connectivity index (χ1n) is 6.68. The molecule has 1 heterocycles. The van der Waals surface area contributed by atoms with Crippen molar-refractivity contribution >= 4 is 35.5 Å². The molecule has 0 fully saturated rings. The van der Waals surface area contributed by atoms with E-state index in [-0.39, 0.29) is 0 Å². The molecule has 1 aromatic heterocycles. The summed E-state index contributed by atoms with van der Waals surface area (Å²) < 4.78 is 0. The van der Waals surface area contributed by atoms with Crippen LogP contribution in [0.1, 0.15) is 0 Å². The summed E-state index contributed by atoms with van der Waals surface area (Å²) in [5.74, 6) is 0.959. The van der Waals surface area contributed by atoms with E-state index in [9.17, 15) is 0 Å². The number of nitrogen functional groups attached to an aromatic ring is 2. The topological polar surface area (TPSA) is 64.9 Å². The van der Waals surface area contributed by atoms with Gasteiger partial charge in [-0.05, 0) is 30.7 Å². The average Bonchev–Trinajstić information content (AvgIpc) is 2.52. The minimum absolute atomic E-state index is 0.451. The summed E-state index contributed by atoms with van der Waals surface area (Å²) in [5, 5.41) is 3.53. The molecule has 3 rings (SSSR count). The second-order valence-electron chi connectivity index (χ2n) is 4.65. The number of benzene rings is 2. The van der Waals surface area contributed by atoms with Gasteiger partial charge < -0.3 is 11.5 Å². The van der Waals surface area contributed by atoms with Crippen LogP contribution in [-0.4, -0.2) is 4.98 Å². The molecule has 0 unspecified atom stereocenters. The van der Waals surface area contributed by atoms with Crippen LogP contribution >= 0.6 is 7.92 Å². The predicted octanol–water partition coefficient (Wildman–Crippen LogP) is 2.00. The van der Waals surface area contributed by atoms with Gasteiger partial charge in [-0.25, -0.2) is 4.98 Å². The Labute approximate surface area is 125 Å². The first-order valence-corrected chi connectivity index (χ1v) is 8.02. The quantitative estimate of drug-likeness (QED) is 0.726. The molecule has 0 bridgehead atoms. The lowest BCUT2D eigenvalue weighted by molar-refractivity contribution is 1.36. The molecule has 4 N–H and O–H groups in total. The van der Waals surface area contributed by atoms with Gasteiger partial charge in [-0.1, -0.05) is 60.7 Å². The zero-order valence-corrected chi connectivity index (χ0v) is 12.4. The van der Waals surface area contributed by atoms with Gasteiger partial charge in [-0.3, -0.25) is 0 Å². The smallest absolute Gasteiger partial charge is 0.134 e. The molecule has 0 saturated carbocycles. The van der Waals surface area contributed by atoms with Crippen molar-refractivity contribution < 1.29 is 0 Å². The van der Waals surface area contributed by atoms with Crippen molar-refractivity contribution in [2.24, 2.45) is 0 Å². The molecule has 104 valence electrons. The molecule has 0 atom stereocenters. The largest absolute Gasteiger partial charge is 0.384 e. The number of anilines is 2. The summed E-state index contributed by atoms with van der Waals surface area (Å²) in [7, 11) is -0.722. The van der Waals surface area contributed by atoms with Crippen LogP contribution in [-0.2, 0) is 0 Å². The van der Waals surface area contributed by atoms with Gasteiger partial charge in [0.05, 0.1) is 0 Å². The van der Waals surface area contributed by atoms with E-state index >= 15 is 0 Å². The number of hydrogen-bond acceptors (Lipinski definition) is 3. The van der Waals surface area contributed by atoms with Crippen LogP contribution in [0.2, 0.25) is 0 Å². The molecule has 0 aliphatic heterocycles. The Kier molecular flexibility index (Phi) is 3.85. The lowest BCUT2D eigenvalue weighted by atomic mass is 10.4. The Balaban J connectivity index is 2.17. The molecule has 0 aliphatic rings. The molecule has 0 aliphatic carbocycles. The van der Waals surface area contributed by atoms with Gasteiger partial charge >= 0.3 is 0 Å². The highest BCUT2D eigenvalue weighted by Gasteiger charge is 2.19. The Morgan fingerprint density at radius 2 is 1.19 bits per heavy atom. The second-order valence-corrected chi connectivity index (χ2v) is 6.83. The predicted molar refractivity (Wildman–Crippen MR) is 91.8 cm³/mol. The fraction of sp³-hybridized carbons (Fsp3) is 0. The van der Waals surface area contributed by atoms with E-state index in [2.05, 4.69) is 53.5 Å². The van der Waals surface area contributed by atoms with Crippen molar-refractivity contribution in [3.05, 3.63) is 72.8 Å². The molecular formula is C17H16N3P. The highest BCUT2D eigenvalue weighted by molar-refractivity contribution is 7.80. The number of hydrogen-bond donors (Lipinski definition) is 2. The van der Waals surface area contributed by atoms with Crippen LogP contribution < -0.4 is 27.4 Å². The summed E-state index contributed by atoms with van der Waals surface area (Å²) in [5.41, 5.74) is 11.8. The van der Waals surface area contributed by atoms with Crippen molar-refractivity contribution in [3.63, 3.8) is 0 Å². The molecule has 3 aromatic rings. The summed E-state index contributed by atoms with van der Waals surface area (Å²) in [6.07, 6.45) is 0. The first-order chi connectivity index (χ1) is 10.3. The third kappa shape index (κ3) is 2.88. The Hall–Kier alpha value is -2.38. The molecule has 0 saturated heterocycles. The summed E-state index contributed by atoms with van der Waals surface area (Å²) in [6.45, 7) is 0. The van der Waals surface area contributed by atoms with Crippen LogP contribution in [0, 0.1) is 0 Å². The van der Waals surface area contributed by atoms with Crippen LogP contribution in [0.4, 0.5) is 11.6 Å². The van der Waals surface area contributed by atoms with Crippen molar-refractivity contribution in [3.8, 4) is 0 Å². The van der Waals surface area contributed by atoms with E-state index in [0.717, 1.165) is 5.30 Å². The summed E-state index contributed by atoms with van der Waals surface area (Å²) in [6, 6.07) is 24.6. The summed E-state index contributed by atoms with van der Waals surface area (Å²) in [4.78, 5) is 4.22. The Morgan fingerprint density at radius 3 is 1.67 bits per heavy atom. The molecule has 0 spiro atoms. The molecule has 2 aromatic carbocycles. The van der Waals surface area contributed by atoms with E-state index in [1.807, 2.05) is 24.3 Å². The Bertz CT molecular complexity index is 690. The minimum atomic E-state index is -0.722. The van der Waals surface area contributed by atoms with Crippen molar-refractivity contribution in [1.29, 1.82) is 0 Å². The van der Waals surface area contributed by atoms with Gasteiger partial charge in [0.1, 0.15) is 11.6 Å². The maximum Gasteiger partial charge on any atom is 0.134 e. The molecular weight excluding hydrogens is 277 g/mol. The van der Waals surface area contributed by atoms with Gasteiger partial charge in [-0.15, -0.1) is 0 Å². The minimum Gasteiger partial charge on any atom is -0.384 e. The normalized spacial score (nSPS) is 10.7. The monoisotopic (exact) mass is 293 g/mol. The van der Waals surface area contributed by atoms with Gasteiger partial charge in [0.2, 0.25) is 0 Å². The average molecular weight is 293 g/mol. The number of nitrogens with zero attached hydrogens (tertiary/aromatic N) is 1. The third-order valence-corrected chi connectivity index (χ3v) is 5.68. The van der Waals surface area contributed by atoms with Gasteiger partial charge in [0.15, 0.2) is 0 Å². The standard InChI is InChI=1S/C17H16N3P/c18-16-12-11-15(17(19)20-16)21(13-7-3-1-4-8-13)14-9-5-2-6-10-14/h1-12H,(H4,18,19,20). The van der Waals surface area contributed by atoms with Gasteiger partial charge in [0, 0.05) is 5.30 Å². The van der Waals surface area contributed by atoms with E-state index < -0.39 is 7.92 Å². The lowest BCUT2D eigenvalue weighted by Gasteiger charge is -2.20. The molecule has 4 heteroatoms. The number of rotatable bonds is 3. The van der Waals surface area contributed by atoms with Crippen LogP contribution in [0.3, 0.4) is 0 Å².